The van der Waals surface area contributed by atoms with E-state index in [9.17, 15) is 4.79 Å². The van der Waals surface area contributed by atoms with Gasteiger partial charge in [0.25, 0.3) is 5.91 Å². The van der Waals surface area contributed by atoms with Crippen molar-refractivity contribution >= 4 is 50.6 Å². The molecule has 0 aliphatic carbocycles. The first-order valence-corrected chi connectivity index (χ1v) is 7.91. The van der Waals surface area contributed by atoms with E-state index >= 15 is 0 Å². The third-order valence-electron chi connectivity index (χ3n) is 2.66. The lowest BCUT2D eigenvalue weighted by Crippen LogP contribution is -2.36. The van der Waals surface area contributed by atoms with Gasteiger partial charge in [0.05, 0.1) is 10.6 Å². The first-order valence-electron chi connectivity index (χ1n) is 6.34. The maximum atomic E-state index is 12.6. The van der Waals surface area contributed by atoms with Crippen LogP contribution in [0.1, 0.15) is 30.6 Å². The van der Waals surface area contributed by atoms with Crippen LogP contribution in [0.4, 0.5) is 0 Å². The number of halogens is 2. The predicted octanol–water partition coefficient (Wildman–Crippen LogP) is 3.88. The lowest BCUT2D eigenvalue weighted by Gasteiger charge is -2.25. The monoisotopic (exact) mass is 376 g/mol. The van der Waals surface area contributed by atoms with Gasteiger partial charge in [-0.3, -0.25) is 4.79 Å². The van der Waals surface area contributed by atoms with Crippen molar-refractivity contribution in [3.05, 3.63) is 33.3 Å². The number of nitrogens with two attached hydrogens (primary N) is 1. The van der Waals surface area contributed by atoms with Crippen LogP contribution in [-0.4, -0.2) is 28.9 Å². The Hall–Kier alpha value is -0.650. The normalized spacial score (nSPS) is 10.7. The number of benzene rings is 1. The highest BCUT2D eigenvalue weighted by molar-refractivity contribution is 9.10. The summed E-state index contributed by atoms with van der Waals surface area (Å²) in [5, 5.41) is 0.590. The second-order valence-electron chi connectivity index (χ2n) is 4.99. The Bertz CT molecular complexity index is 508. The quantitative estimate of drug-likeness (QED) is 0.765. The van der Waals surface area contributed by atoms with Gasteiger partial charge in [-0.2, -0.15) is 0 Å². The summed E-state index contributed by atoms with van der Waals surface area (Å²) >= 11 is 14.2. The zero-order chi connectivity index (χ0) is 15.3. The average Bonchev–Trinajstić information content (AvgIpc) is 2.33. The van der Waals surface area contributed by atoms with Crippen molar-refractivity contribution < 1.29 is 4.79 Å². The van der Waals surface area contributed by atoms with Crippen molar-refractivity contribution in [3.63, 3.8) is 0 Å². The smallest absolute Gasteiger partial charge is 0.255 e. The third-order valence-corrected chi connectivity index (χ3v) is 3.76. The molecule has 0 saturated heterocycles. The van der Waals surface area contributed by atoms with Gasteiger partial charge in [-0.05, 0) is 40.0 Å². The number of hydrogen-bond donors (Lipinski definition) is 1. The zero-order valence-electron chi connectivity index (χ0n) is 11.5. The van der Waals surface area contributed by atoms with Gasteiger partial charge in [0, 0.05) is 29.0 Å². The van der Waals surface area contributed by atoms with Crippen LogP contribution in [-0.2, 0) is 0 Å². The van der Waals surface area contributed by atoms with Gasteiger partial charge in [-0.25, -0.2) is 0 Å². The predicted molar refractivity (Wildman–Crippen MR) is 91.3 cm³/mol. The van der Waals surface area contributed by atoms with E-state index in [1.807, 2.05) is 0 Å². The van der Waals surface area contributed by atoms with Gasteiger partial charge in [0.2, 0.25) is 0 Å². The number of carbonyl (C=O) groups is 1. The third kappa shape index (κ3) is 5.38. The minimum atomic E-state index is -0.0431. The van der Waals surface area contributed by atoms with Crippen LogP contribution in [0.2, 0.25) is 5.02 Å². The Morgan fingerprint density at radius 1 is 1.50 bits per heavy atom. The van der Waals surface area contributed by atoms with Gasteiger partial charge >= 0.3 is 0 Å². The molecule has 110 valence electrons. The second-order valence-corrected chi connectivity index (χ2v) is 6.80. The number of thiocarbonyl (C=S) groups is 1. The molecule has 0 atom stereocenters. The highest BCUT2D eigenvalue weighted by atomic mass is 79.9. The van der Waals surface area contributed by atoms with Gasteiger partial charge in [0.1, 0.15) is 0 Å². The van der Waals surface area contributed by atoms with Gasteiger partial charge < -0.3 is 10.6 Å². The minimum Gasteiger partial charge on any atom is -0.393 e. The Morgan fingerprint density at radius 2 is 2.15 bits per heavy atom. The van der Waals surface area contributed by atoms with Crippen LogP contribution in [0.25, 0.3) is 0 Å². The summed E-state index contributed by atoms with van der Waals surface area (Å²) in [6.45, 7) is 5.33. The molecule has 0 saturated carbocycles. The molecule has 0 unspecified atom stereocenters. The van der Waals surface area contributed by atoms with E-state index < -0.39 is 0 Å². The summed E-state index contributed by atoms with van der Waals surface area (Å²) < 4.78 is 0.694. The number of carbonyl (C=O) groups excluding carboxylic acids is 1. The molecule has 0 bridgehead atoms. The van der Waals surface area contributed by atoms with Crippen molar-refractivity contribution in [1.82, 2.24) is 4.90 Å². The van der Waals surface area contributed by atoms with E-state index in [-0.39, 0.29) is 5.91 Å². The molecule has 1 rings (SSSR count). The van der Waals surface area contributed by atoms with E-state index in [1.54, 1.807) is 23.1 Å². The number of amides is 1. The van der Waals surface area contributed by atoms with Crippen LogP contribution in [0.3, 0.4) is 0 Å². The van der Waals surface area contributed by atoms with E-state index in [4.69, 9.17) is 29.6 Å². The fraction of sp³-hybridized carbons (Fsp3) is 0.429. The lowest BCUT2D eigenvalue weighted by molar-refractivity contribution is 0.0740. The van der Waals surface area contributed by atoms with Gasteiger partial charge in [-0.1, -0.05) is 37.7 Å². The average molecular weight is 378 g/mol. The van der Waals surface area contributed by atoms with Crippen molar-refractivity contribution in [1.29, 1.82) is 0 Å². The van der Waals surface area contributed by atoms with Crippen molar-refractivity contribution in [2.45, 2.75) is 20.3 Å². The summed E-state index contributed by atoms with van der Waals surface area (Å²) in [4.78, 5) is 14.8. The molecular formula is C14H18BrClN2OS. The van der Waals surface area contributed by atoms with E-state index in [1.165, 1.54) is 0 Å². The number of hydrogen-bond acceptors (Lipinski definition) is 2. The molecule has 1 amide bonds. The van der Waals surface area contributed by atoms with Crippen LogP contribution in [0, 0.1) is 5.92 Å². The van der Waals surface area contributed by atoms with E-state index in [0.717, 1.165) is 0 Å². The molecule has 0 fully saturated rings. The second kappa shape index (κ2) is 7.96. The van der Waals surface area contributed by atoms with Crippen molar-refractivity contribution in [2.75, 3.05) is 13.1 Å². The molecule has 0 radical (unpaired) electrons. The van der Waals surface area contributed by atoms with Crippen molar-refractivity contribution in [3.8, 4) is 0 Å². The molecular weight excluding hydrogens is 360 g/mol. The van der Waals surface area contributed by atoms with E-state index in [0.29, 0.717) is 45.5 Å². The number of rotatable bonds is 6. The first kappa shape index (κ1) is 17.4. The molecule has 2 N–H and O–H groups in total. The molecule has 1 aromatic carbocycles. The molecule has 0 aliphatic rings. The summed E-state index contributed by atoms with van der Waals surface area (Å²) in [6, 6.07) is 5.15. The molecule has 6 heteroatoms. The standard InChI is InChI=1S/C14H18BrClN2OS/c1-9(2)8-18(6-5-13(17)20)14(19)11-4-3-10(16)7-12(11)15/h3-4,7,9H,5-6,8H2,1-2H3,(H2,17,20). The Balaban J connectivity index is 2.93. The maximum Gasteiger partial charge on any atom is 0.255 e. The summed E-state index contributed by atoms with van der Waals surface area (Å²) in [5.74, 6) is 0.329. The highest BCUT2D eigenvalue weighted by Crippen LogP contribution is 2.23. The Morgan fingerprint density at radius 3 is 2.65 bits per heavy atom. The van der Waals surface area contributed by atoms with Crippen molar-refractivity contribution in [2.24, 2.45) is 11.7 Å². The fourth-order valence-corrected chi connectivity index (χ4v) is 2.74. The van der Waals surface area contributed by atoms with Crippen LogP contribution >= 0.6 is 39.7 Å². The van der Waals surface area contributed by atoms with Crippen LogP contribution < -0.4 is 5.73 Å². The number of nitrogens with zero attached hydrogens (tertiary/aromatic N) is 1. The molecule has 0 aliphatic heterocycles. The topological polar surface area (TPSA) is 46.3 Å². The molecule has 20 heavy (non-hydrogen) atoms. The summed E-state index contributed by atoms with van der Waals surface area (Å²) in [5.41, 5.74) is 6.12. The SMILES string of the molecule is CC(C)CN(CCC(N)=S)C(=O)c1ccc(Cl)cc1Br. The van der Waals surface area contributed by atoms with E-state index in [2.05, 4.69) is 29.8 Å². The van der Waals surface area contributed by atoms with Gasteiger partial charge in [-0.15, -0.1) is 0 Å². The molecule has 0 heterocycles. The molecule has 0 aromatic heterocycles. The zero-order valence-corrected chi connectivity index (χ0v) is 14.7. The first-order chi connectivity index (χ1) is 9.31. The fourth-order valence-electron chi connectivity index (χ4n) is 1.79. The minimum absolute atomic E-state index is 0.0431. The highest BCUT2D eigenvalue weighted by Gasteiger charge is 2.19. The molecule has 1 aromatic rings. The maximum absolute atomic E-state index is 12.6. The van der Waals surface area contributed by atoms with Crippen LogP contribution in [0.15, 0.2) is 22.7 Å². The Labute approximate surface area is 138 Å². The summed E-state index contributed by atoms with van der Waals surface area (Å²) in [6.07, 6.45) is 0.527. The molecule has 0 spiro atoms. The summed E-state index contributed by atoms with van der Waals surface area (Å²) in [7, 11) is 0. The van der Waals surface area contributed by atoms with Gasteiger partial charge in [0.15, 0.2) is 0 Å². The largest absolute Gasteiger partial charge is 0.393 e. The Kier molecular flexibility index (Phi) is 6.92. The lowest BCUT2D eigenvalue weighted by atomic mass is 10.1. The molecule has 3 nitrogen and oxygen atoms in total. The van der Waals surface area contributed by atoms with Crippen LogP contribution in [0.5, 0.6) is 0 Å².